The van der Waals surface area contributed by atoms with Crippen LogP contribution < -0.4 is 0 Å². The highest BCUT2D eigenvalue weighted by Gasteiger charge is 2.51. The molecule has 0 aliphatic heterocycles. The minimum Gasteiger partial charge on any atom is -0.393 e. The lowest BCUT2D eigenvalue weighted by molar-refractivity contribution is -0.128. The number of hydrogen-bond acceptors (Lipinski definition) is 3. The number of fused-ring (bicyclic) bond motifs is 1. The SMILES string of the molecule is COCOC(C)(C)[C@@H](C)/C=C/[C@@H](C)[C@H]1CC[C@@H]2[C@@H](O)CCC[C@]12C. The van der Waals surface area contributed by atoms with Gasteiger partial charge in [-0.1, -0.05) is 39.3 Å². The number of methoxy groups -OCH3 is 1. The molecule has 2 saturated carbocycles. The Hall–Kier alpha value is -0.380. The largest absolute Gasteiger partial charge is 0.393 e. The summed E-state index contributed by atoms with van der Waals surface area (Å²) in [5, 5.41) is 10.4. The number of hydrogen-bond donors (Lipinski definition) is 1. The topological polar surface area (TPSA) is 38.7 Å². The highest BCUT2D eigenvalue weighted by atomic mass is 16.7. The normalized spacial score (nSPS) is 36.7. The van der Waals surface area contributed by atoms with Gasteiger partial charge in [0.1, 0.15) is 6.79 Å². The fraction of sp³-hybridized carbons (Fsp3) is 0.905. The highest BCUT2D eigenvalue weighted by molar-refractivity contribution is 5.06. The zero-order chi connectivity index (χ0) is 18.0. The Labute approximate surface area is 148 Å². The van der Waals surface area contributed by atoms with Gasteiger partial charge in [-0.05, 0) is 62.7 Å². The first-order valence-corrected chi connectivity index (χ1v) is 9.71. The van der Waals surface area contributed by atoms with Crippen molar-refractivity contribution in [3.8, 4) is 0 Å². The third kappa shape index (κ3) is 4.05. The molecule has 3 heteroatoms. The summed E-state index contributed by atoms with van der Waals surface area (Å²) < 4.78 is 10.9. The van der Waals surface area contributed by atoms with E-state index in [1.165, 1.54) is 25.7 Å². The van der Waals surface area contributed by atoms with Gasteiger partial charge in [-0.25, -0.2) is 0 Å². The Kier molecular flexibility index (Phi) is 6.55. The maximum Gasteiger partial charge on any atom is 0.147 e. The standard InChI is InChI=1S/C21H38O3/c1-15(9-10-16(2)20(3,4)24-14-23-6)17-11-12-18-19(22)8-7-13-21(17,18)5/h9-10,15-19,22H,7-8,11-14H2,1-6H3/b10-9+/t15-,16+,17-,18-,19+,21-/m1/s1. The van der Waals surface area contributed by atoms with Gasteiger partial charge in [0.05, 0.1) is 11.7 Å². The number of allylic oxidation sites excluding steroid dienone is 1. The third-order valence-electron chi connectivity index (χ3n) is 7.15. The fourth-order valence-corrected chi connectivity index (χ4v) is 5.10. The predicted octanol–water partition coefficient (Wildman–Crippen LogP) is 4.79. The summed E-state index contributed by atoms with van der Waals surface area (Å²) in [6, 6.07) is 0. The van der Waals surface area contributed by atoms with E-state index in [-0.39, 0.29) is 11.7 Å². The second-order valence-corrected chi connectivity index (χ2v) is 8.94. The van der Waals surface area contributed by atoms with Crippen LogP contribution in [-0.2, 0) is 9.47 Å². The van der Waals surface area contributed by atoms with Gasteiger partial charge >= 0.3 is 0 Å². The summed E-state index contributed by atoms with van der Waals surface area (Å²) in [5.41, 5.74) is 0.0854. The van der Waals surface area contributed by atoms with E-state index >= 15 is 0 Å². The van der Waals surface area contributed by atoms with Gasteiger partial charge in [-0.2, -0.15) is 0 Å². The lowest BCUT2D eigenvalue weighted by atomic mass is 9.62. The van der Waals surface area contributed by atoms with E-state index < -0.39 is 0 Å². The maximum atomic E-state index is 10.4. The first-order valence-electron chi connectivity index (χ1n) is 9.71. The molecule has 0 saturated heterocycles. The van der Waals surface area contributed by atoms with E-state index in [1.807, 2.05) is 0 Å². The Balaban J connectivity index is 2.00. The lowest BCUT2D eigenvalue weighted by Gasteiger charge is -2.44. The average molecular weight is 339 g/mol. The van der Waals surface area contributed by atoms with Gasteiger partial charge < -0.3 is 14.6 Å². The molecule has 0 heterocycles. The van der Waals surface area contributed by atoms with Crippen LogP contribution in [0.4, 0.5) is 0 Å². The number of ether oxygens (including phenoxy) is 2. The number of aliphatic hydroxyl groups excluding tert-OH is 1. The zero-order valence-electron chi connectivity index (χ0n) is 16.5. The molecule has 0 unspecified atom stereocenters. The Morgan fingerprint density at radius 2 is 1.92 bits per heavy atom. The van der Waals surface area contributed by atoms with E-state index in [9.17, 15) is 5.11 Å². The number of aliphatic hydroxyl groups is 1. The molecule has 6 atom stereocenters. The summed E-state index contributed by atoms with van der Waals surface area (Å²) in [7, 11) is 1.66. The minimum absolute atomic E-state index is 0.0785. The molecule has 2 aliphatic carbocycles. The Bertz CT molecular complexity index is 431. The van der Waals surface area contributed by atoms with E-state index in [1.54, 1.807) is 7.11 Å². The predicted molar refractivity (Wildman–Crippen MR) is 98.7 cm³/mol. The van der Waals surface area contributed by atoms with Crippen molar-refractivity contribution in [3.05, 3.63) is 12.2 Å². The van der Waals surface area contributed by atoms with Crippen LogP contribution in [0.1, 0.15) is 66.7 Å². The third-order valence-corrected chi connectivity index (χ3v) is 7.15. The molecular formula is C21H38O3. The second kappa shape index (κ2) is 7.88. The molecule has 0 aromatic rings. The molecule has 24 heavy (non-hydrogen) atoms. The molecule has 1 N–H and O–H groups in total. The van der Waals surface area contributed by atoms with Crippen molar-refractivity contribution in [2.75, 3.05) is 13.9 Å². The first-order chi connectivity index (χ1) is 11.2. The van der Waals surface area contributed by atoms with Crippen LogP contribution in [0.5, 0.6) is 0 Å². The van der Waals surface area contributed by atoms with E-state index in [0.717, 1.165) is 6.42 Å². The summed E-state index contributed by atoms with van der Waals surface area (Å²) in [5.74, 6) is 2.07. The van der Waals surface area contributed by atoms with Gasteiger partial charge in [-0.15, -0.1) is 0 Å². The second-order valence-electron chi connectivity index (χ2n) is 8.94. The van der Waals surface area contributed by atoms with Crippen molar-refractivity contribution in [3.63, 3.8) is 0 Å². The fourth-order valence-electron chi connectivity index (χ4n) is 5.10. The molecule has 0 amide bonds. The van der Waals surface area contributed by atoms with Crippen LogP contribution >= 0.6 is 0 Å². The molecule has 2 fully saturated rings. The molecule has 3 nitrogen and oxygen atoms in total. The minimum atomic E-state index is -0.227. The van der Waals surface area contributed by atoms with Crippen LogP contribution in [-0.4, -0.2) is 30.7 Å². The zero-order valence-corrected chi connectivity index (χ0v) is 16.5. The highest BCUT2D eigenvalue weighted by Crippen LogP contribution is 2.57. The maximum absolute atomic E-state index is 10.4. The molecule has 2 rings (SSSR count). The first kappa shape index (κ1) is 19.9. The molecule has 140 valence electrons. The quantitative estimate of drug-likeness (QED) is 0.536. The summed E-state index contributed by atoms with van der Waals surface area (Å²) in [6.07, 6.45) is 10.5. The van der Waals surface area contributed by atoms with Crippen molar-refractivity contribution in [1.29, 1.82) is 0 Å². The molecular weight excluding hydrogens is 300 g/mol. The van der Waals surface area contributed by atoms with Gasteiger partial charge in [0.15, 0.2) is 0 Å². The van der Waals surface area contributed by atoms with Gasteiger partial charge in [0.2, 0.25) is 0 Å². The molecule has 0 spiro atoms. The van der Waals surface area contributed by atoms with Gasteiger partial charge in [0, 0.05) is 13.0 Å². The van der Waals surface area contributed by atoms with Gasteiger partial charge in [-0.3, -0.25) is 0 Å². The van der Waals surface area contributed by atoms with Crippen molar-refractivity contribution in [2.24, 2.45) is 29.1 Å². The lowest BCUT2D eigenvalue weighted by Crippen LogP contribution is -2.41. The summed E-state index contributed by atoms with van der Waals surface area (Å²) >= 11 is 0. The monoisotopic (exact) mass is 338 g/mol. The van der Waals surface area contributed by atoms with E-state index in [4.69, 9.17) is 9.47 Å². The van der Waals surface area contributed by atoms with Crippen LogP contribution in [0.25, 0.3) is 0 Å². The van der Waals surface area contributed by atoms with Gasteiger partial charge in [0.25, 0.3) is 0 Å². The van der Waals surface area contributed by atoms with Crippen molar-refractivity contribution in [2.45, 2.75) is 78.4 Å². The Morgan fingerprint density at radius 3 is 2.58 bits per heavy atom. The molecule has 0 aromatic heterocycles. The van der Waals surface area contributed by atoms with Crippen molar-refractivity contribution < 1.29 is 14.6 Å². The summed E-state index contributed by atoms with van der Waals surface area (Å²) in [4.78, 5) is 0. The van der Waals surface area contributed by atoms with Crippen molar-refractivity contribution >= 4 is 0 Å². The molecule has 0 aromatic carbocycles. The molecule has 0 bridgehead atoms. The van der Waals surface area contributed by atoms with Crippen LogP contribution in [0.15, 0.2) is 12.2 Å². The summed E-state index contributed by atoms with van der Waals surface area (Å²) in [6.45, 7) is 11.6. The van der Waals surface area contributed by atoms with E-state index in [2.05, 4.69) is 46.8 Å². The number of rotatable bonds is 7. The average Bonchev–Trinajstić information content (AvgIpc) is 2.88. The van der Waals surface area contributed by atoms with Crippen molar-refractivity contribution in [1.82, 2.24) is 0 Å². The smallest absolute Gasteiger partial charge is 0.147 e. The Morgan fingerprint density at radius 1 is 1.21 bits per heavy atom. The van der Waals surface area contributed by atoms with E-state index in [0.29, 0.717) is 35.9 Å². The van der Waals surface area contributed by atoms with Crippen LogP contribution in [0, 0.1) is 29.1 Å². The molecule has 2 aliphatic rings. The molecule has 0 radical (unpaired) electrons. The van der Waals surface area contributed by atoms with Crippen LogP contribution in [0.2, 0.25) is 0 Å². The van der Waals surface area contributed by atoms with Crippen LogP contribution in [0.3, 0.4) is 0 Å².